The molecule has 0 bridgehead atoms. The Morgan fingerprint density at radius 2 is 2.12 bits per heavy atom. The van der Waals surface area contributed by atoms with Crippen LogP contribution in [0.2, 0.25) is 0 Å². The standard InChI is InChI=1S/C19H25N3O3/c1-13(2)12-16(18(23)21-11-10-20)22-19(24)25-17-9-5-7-14-6-3-4-8-15(14)17/h3-4,6,8,13,16-17H,5,7,9,11-12H2,1-2H3,(H,21,23)(H,22,24)/t16-,17?/m0/s1. The maximum Gasteiger partial charge on any atom is 0.408 e. The molecule has 2 atom stereocenters. The van der Waals surface area contributed by atoms with Crippen LogP contribution in [0.4, 0.5) is 4.79 Å². The fourth-order valence-corrected chi connectivity index (χ4v) is 3.09. The summed E-state index contributed by atoms with van der Waals surface area (Å²) in [6.45, 7) is 3.85. The van der Waals surface area contributed by atoms with Crippen molar-refractivity contribution in [1.82, 2.24) is 10.6 Å². The van der Waals surface area contributed by atoms with Crippen molar-refractivity contribution >= 4 is 12.0 Å². The summed E-state index contributed by atoms with van der Waals surface area (Å²) in [6.07, 6.45) is 2.33. The molecule has 0 spiro atoms. The third kappa shape index (κ3) is 5.49. The summed E-state index contributed by atoms with van der Waals surface area (Å²) < 4.78 is 5.59. The minimum atomic E-state index is -0.709. The van der Waals surface area contributed by atoms with Gasteiger partial charge in [0.15, 0.2) is 0 Å². The fourth-order valence-electron chi connectivity index (χ4n) is 3.09. The summed E-state index contributed by atoms with van der Waals surface area (Å²) >= 11 is 0. The highest BCUT2D eigenvalue weighted by atomic mass is 16.6. The molecule has 6 heteroatoms. The van der Waals surface area contributed by atoms with E-state index in [4.69, 9.17) is 10.00 Å². The van der Waals surface area contributed by atoms with Gasteiger partial charge in [0.2, 0.25) is 5.91 Å². The number of hydrogen-bond donors (Lipinski definition) is 2. The molecule has 0 fully saturated rings. The Morgan fingerprint density at radius 3 is 2.84 bits per heavy atom. The molecule has 2 N–H and O–H groups in total. The number of hydrogen-bond acceptors (Lipinski definition) is 4. The van der Waals surface area contributed by atoms with Crippen LogP contribution in [-0.4, -0.2) is 24.6 Å². The van der Waals surface area contributed by atoms with Crippen molar-refractivity contribution in [2.45, 2.75) is 51.7 Å². The lowest BCUT2D eigenvalue weighted by molar-refractivity contribution is -0.123. The van der Waals surface area contributed by atoms with E-state index in [1.54, 1.807) is 0 Å². The monoisotopic (exact) mass is 343 g/mol. The fraction of sp³-hybridized carbons (Fsp3) is 0.526. The predicted molar refractivity (Wildman–Crippen MR) is 93.6 cm³/mol. The van der Waals surface area contributed by atoms with Gasteiger partial charge in [0.25, 0.3) is 0 Å². The van der Waals surface area contributed by atoms with Gasteiger partial charge < -0.3 is 15.4 Å². The zero-order valence-corrected chi connectivity index (χ0v) is 14.7. The summed E-state index contributed by atoms with van der Waals surface area (Å²) in [5, 5.41) is 13.7. The number of amides is 2. The van der Waals surface area contributed by atoms with E-state index in [1.165, 1.54) is 5.56 Å². The number of rotatable bonds is 6. The summed E-state index contributed by atoms with van der Waals surface area (Å²) in [5.74, 6) is -0.148. The number of nitrogens with one attached hydrogen (secondary N) is 2. The van der Waals surface area contributed by atoms with Gasteiger partial charge in [0.05, 0.1) is 6.07 Å². The number of ether oxygens (including phenoxy) is 1. The molecule has 1 unspecified atom stereocenters. The highest BCUT2D eigenvalue weighted by Gasteiger charge is 2.26. The number of nitriles is 1. The maximum atomic E-state index is 12.3. The van der Waals surface area contributed by atoms with Gasteiger partial charge in [-0.25, -0.2) is 4.79 Å². The summed E-state index contributed by atoms with van der Waals surface area (Å²) in [5.41, 5.74) is 2.25. The van der Waals surface area contributed by atoms with Crippen molar-refractivity contribution in [1.29, 1.82) is 5.26 Å². The van der Waals surface area contributed by atoms with Gasteiger partial charge in [-0.3, -0.25) is 4.79 Å². The molecule has 2 rings (SSSR count). The van der Waals surface area contributed by atoms with Gasteiger partial charge >= 0.3 is 6.09 Å². The number of nitrogens with zero attached hydrogens (tertiary/aromatic N) is 1. The van der Waals surface area contributed by atoms with Gasteiger partial charge in [0, 0.05) is 0 Å². The first-order valence-corrected chi connectivity index (χ1v) is 8.71. The molecule has 6 nitrogen and oxygen atoms in total. The Bertz CT molecular complexity index is 652. The Hall–Kier alpha value is -2.55. The quantitative estimate of drug-likeness (QED) is 0.777. The second-order valence-electron chi connectivity index (χ2n) is 6.69. The largest absolute Gasteiger partial charge is 0.441 e. The topological polar surface area (TPSA) is 91.2 Å². The van der Waals surface area contributed by atoms with Crippen molar-refractivity contribution in [2.75, 3.05) is 6.54 Å². The number of benzene rings is 1. The van der Waals surface area contributed by atoms with Crippen molar-refractivity contribution < 1.29 is 14.3 Å². The maximum absolute atomic E-state index is 12.3. The van der Waals surface area contributed by atoms with Crippen molar-refractivity contribution in [3.8, 4) is 6.07 Å². The summed E-state index contributed by atoms with van der Waals surface area (Å²) in [4.78, 5) is 24.4. The lowest BCUT2D eigenvalue weighted by atomic mass is 9.89. The Morgan fingerprint density at radius 1 is 1.36 bits per heavy atom. The third-order valence-electron chi connectivity index (χ3n) is 4.22. The second kappa shape index (κ2) is 9.07. The summed E-state index contributed by atoms with van der Waals surface area (Å²) in [7, 11) is 0. The zero-order valence-electron chi connectivity index (χ0n) is 14.7. The van der Waals surface area contributed by atoms with Crippen molar-refractivity contribution in [3.63, 3.8) is 0 Å². The zero-order chi connectivity index (χ0) is 18.2. The van der Waals surface area contributed by atoms with E-state index in [2.05, 4.69) is 16.7 Å². The Kier molecular flexibility index (Phi) is 6.81. The van der Waals surface area contributed by atoms with E-state index in [0.29, 0.717) is 6.42 Å². The van der Waals surface area contributed by atoms with Gasteiger partial charge in [-0.15, -0.1) is 0 Å². The molecule has 0 aromatic heterocycles. The van der Waals surface area contributed by atoms with Crippen LogP contribution in [0.25, 0.3) is 0 Å². The molecule has 0 heterocycles. The third-order valence-corrected chi connectivity index (χ3v) is 4.22. The van der Waals surface area contributed by atoms with E-state index < -0.39 is 12.1 Å². The highest BCUT2D eigenvalue weighted by molar-refractivity contribution is 5.85. The van der Waals surface area contributed by atoms with Crippen LogP contribution in [0.1, 0.15) is 50.3 Å². The van der Waals surface area contributed by atoms with E-state index in [9.17, 15) is 9.59 Å². The number of fused-ring (bicyclic) bond motifs is 1. The molecule has 0 radical (unpaired) electrons. The van der Waals surface area contributed by atoms with Crippen LogP contribution in [-0.2, 0) is 16.0 Å². The van der Waals surface area contributed by atoms with Crippen molar-refractivity contribution in [2.24, 2.45) is 5.92 Å². The molecule has 1 aromatic carbocycles. The number of aryl methyl sites for hydroxylation is 1. The first-order valence-electron chi connectivity index (χ1n) is 8.71. The molecule has 1 aliphatic carbocycles. The minimum absolute atomic E-state index is 0.0832. The van der Waals surface area contributed by atoms with Crippen LogP contribution < -0.4 is 10.6 Å². The van der Waals surface area contributed by atoms with Gasteiger partial charge in [-0.2, -0.15) is 5.26 Å². The van der Waals surface area contributed by atoms with Crippen molar-refractivity contribution in [3.05, 3.63) is 35.4 Å². The molecule has 1 aromatic rings. The van der Waals surface area contributed by atoms with E-state index in [1.807, 2.05) is 38.1 Å². The summed E-state index contributed by atoms with van der Waals surface area (Å²) in [6, 6.07) is 9.12. The second-order valence-corrected chi connectivity index (χ2v) is 6.69. The molecule has 1 aliphatic rings. The Labute approximate surface area is 148 Å². The predicted octanol–water partition coefficient (Wildman–Crippen LogP) is 2.84. The SMILES string of the molecule is CC(C)C[C@H](NC(=O)OC1CCCc2ccccc21)C(=O)NCC#N. The van der Waals surface area contributed by atoms with Crippen LogP contribution in [0.5, 0.6) is 0 Å². The molecular weight excluding hydrogens is 318 g/mol. The molecule has 25 heavy (non-hydrogen) atoms. The first kappa shape index (κ1) is 18.8. The minimum Gasteiger partial charge on any atom is -0.441 e. The van der Waals surface area contributed by atoms with E-state index in [-0.39, 0.29) is 24.5 Å². The molecule has 134 valence electrons. The molecule has 0 saturated carbocycles. The number of alkyl carbamates (subject to hydrolysis) is 1. The van der Waals surface area contributed by atoms with Crippen LogP contribution >= 0.6 is 0 Å². The lowest BCUT2D eigenvalue weighted by Gasteiger charge is -2.26. The Balaban J connectivity index is 1.99. The smallest absolute Gasteiger partial charge is 0.408 e. The normalized spacial score (nSPS) is 17.1. The number of carbonyl (C=O) groups excluding carboxylic acids is 2. The highest BCUT2D eigenvalue weighted by Crippen LogP contribution is 2.32. The van der Waals surface area contributed by atoms with Crippen LogP contribution in [0.15, 0.2) is 24.3 Å². The molecule has 0 saturated heterocycles. The van der Waals surface area contributed by atoms with Crippen LogP contribution in [0, 0.1) is 17.2 Å². The average molecular weight is 343 g/mol. The molecule has 0 aliphatic heterocycles. The molecular formula is C19H25N3O3. The van der Waals surface area contributed by atoms with Gasteiger partial charge in [0.1, 0.15) is 18.7 Å². The van der Waals surface area contributed by atoms with E-state index >= 15 is 0 Å². The van der Waals surface area contributed by atoms with Gasteiger partial charge in [-0.05, 0) is 42.7 Å². The van der Waals surface area contributed by atoms with E-state index in [0.717, 1.165) is 24.8 Å². The average Bonchev–Trinajstić information content (AvgIpc) is 2.59. The van der Waals surface area contributed by atoms with Crippen LogP contribution in [0.3, 0.4) is 0 Å². The first-order chi connectivity index (χ1) is 12.0. The lowest BCUT2D eigenvalue weighted by Crippen LogP contribution is -2.47. The molecule has 2 amide bonds. The van der Waals surface area contributed by atoms with Gasteiger partial charge in [-0.1, -0.05) is 38.1 Å². The number of carbonyl (C=O) groups is 2.